The Morgan fingerprint density at radius 3 is 2.58 bits per heavy atom. The van der Waals surface area contributed by atoms with E-state index in [4.69, 9.17) is 15.2 Å². The van der Waals surface area contributed by atoms with E-state index in [-0.39, 0.29) is 11.8 Å². The minimum Gasteiger partial charge on any atom is -0.347 e. The Balaban J connectivity index is 2.02. The van der Waals surface area contributed by atoms with Gasteiger partial charge in [-0.2, -0.15) is 0 Å². The van der Waals surface area contributed by atoms with Crippen molar-refractivity contribution in [2.75, 3.05) is 26.3 Å². The summed E-state index contributed by atoms with van der Waals surface area (Å²) in [5.41, 5.74) is 6.37. The molecule has 1 saturated heterocycles. The monoisotopic (exact) mass is 270 g/mol. The van der Waals surface area contributed by atoms with E-state index in [0.717, 1.165) is 51.5 Å². The molecule has 0 aromatic carbocycles. The molecule has 2 rings (SSSR count). The number of nitrogens with two attached hydrogens (primary N) is 1. The molecule has 3 unspecified atom stereocenters. The summed E-state index contributed by atoms with van der Waals surface area (Å²) in [6, 6.07) is 0.647. The van der Waals surface area contributed by atoms with Crippen LogP contribution in [-0.2, 0) is 9.47 Å². The first-order chi connectivity index (χ1) is 9.10. The molecule has 1 spiro atoms. The average Bonchev–Trinajstić information content (AvgIpc) is 2.87. The minimum atomic E-state index is -0.330. The molecule has 1 saturated carbocycles. The number of hydrogen-bond acceptors (Lipinski definition) is 4. The van der Waals surface area contributed by atoms with E-state index < -0.39 is 0 Å². The molecule has 3 atom stereocenters. The number of hydrogen-bond donors (Lipinski definition) is 1. The summed E-state index contributed by atoms with van der Waals surface area (Å²) < 4.78 is 11.8. The van der Waals surface area contributed by atoms with E-state index in [1.165, 1.54) is 6.42 Å². The third-order valence-corrected chi connectivity index (χ3v) is 4.80. The highest BCUT2D eigenvalue weighted by molar-refractivity contribution is 4.95. The Morgan fingerprint density at radius 2 is 2.00 bits per heavy atom. The zero-order valence-corrected chi connectivity index (χ0v) is 12.7. The first-order valence-corrected chi connectivity index (χ1v) is 7.87. The van der Waals surface area contributed by atoms with Gasteiger partial charge in [0.1, 0.15) is 0 Å². The van der Waals surface area contributed by atoms with Crippen LogP contribution in [0, 0.1) is 5.92 Å². The molecule has 0 radical (unpaired) electrons. The van der Waals surface area contributed by atoms with Gasteiger partial charge in [-0.15, -0.1) is 0 Å². The van der Waals surface area contributed by atoms with Crippen molar-refractivity contribution >= 4 is 0 Å². The minimum absolute atomic E-state index is 0.252. The van der Waals surface area contributed by atoms with E-state index in [1.807, 2.05) is 0 Å². The summed E-state index contributed by atoms with van der Waals surface area (Å²) >= 11 is 0. The molecule has 4 nitrogen and oxygen atoms in total. The van der Waals surface area contributed by atoms with Crippen LogP contribution in [0.5, 0.6) is 0 Å². The van der Waals surface area contributed by atoms with Gasteiger partial charge in [-0.05, 0) is 18.9 Å². The molecule has 1 aliphatic heterocycles. The first-order valence-electron chi connectivity index (χ1n) is 7.87. The van der Waals surface area contributed by atoms with Crippen molar-refractivity contribution < 1.29 is 9.47 Å². The third kappa shape index (κ3) is 3.48. The van der Waals surface area contributed by atoms with E-state index in [1.54, 1.807) is 0 Å². The molecule has 2 fully saturated rings. The van der Waals surface area contributed by atoms with Crippen LogP contribution in [0.25, 0.3) is 0 Å². The summed E-state index contributed by atoms with van der Waals surface area (Å²) in [6.45, 7) is 10.4. The van der Waals surface area contributed by atoms with Gasteiger partial charge in [0.25, 0.3) is 0 Å². The quantitative estimate of drug-likeness (QED) is 0.830. The molecule has 1 aliphatic carbocycles. The van der Waals surface area contributed by atoms with Crippen LogP contribution in [0.4, 0.5) is 0 Å². The van der Waals surface area contributed by atoms with Gasteiger partial charge in [0.15, 0.2) is 5.79 Å². The topological polar surface area (TPSA) is 47.7 Å². The maximum absolute atomic E-state index is 6.37. The SMILES string of the molecule is CCC(C)CN(CC)C1CC2(CCC1N)OCCO2. The van der Waals surface area contributed by atoms with Gasteiger partial charge in [0.05, 0.1) is 13.2 Å². The molecule has 2 aliphatic rings. The standard InChI is InChI=1S/C15H30N2O2/c1-4-12(3)11-17(5-2)14-10-15(7-6-13(14)16)18-8-9-19-15/h12-14H,4-11,16H2,1-3H3. The second-order valence-corrected chi connectivity index (χ2v) is 6.18. The highest BCUT2D eigenvalue weighted by Crippen LogP contribution is 2.37. The lowest BCUT2D eigenvalue weighted by Gasteiger charge is -2.45. The number of ether oxygens (including phenoxy) is 2. The Morgan fingerprint density at radius 1 is 1.32 bits per heavy atom. The predicted molar refractivity (Wildman–Crippen MR) is 77.0 cm³/mol. The van der Waals surface area contributed by atoms with Crippen molar-refractivity contribution in [1.29, 1.82) is 0 Å². The molecular weight excluding hydrogens is 240 g/mol. The highest BCUT2D eigenvalue weighted by Gasteiger charge is 2.45. The van der Waals surface area contributed by atoms with E-state index in [9.17, 15) is 0 Å². The lowest BCUT2D eigenvalue weighted by molar-refractivity contribution is -0.192. The van der Waals surface area contributed by atoms with Gasteiger partial charge in [0.2, 0.25) is 0 Å². The fourth-order valence-electron chi connectivity index (χ4n) is 3.34. The Labute approximate surface area is 117 Å². The number of likely N-dealkylation sites (N-methyl/N-ethyl adjacent to an activating group) is 1. The van der Waals surface area contributed by atoms with E-state index >= 15 is 0 Å². The van der Waals surface area contributed by atoms with Crippen LogP contribution in [-0.4, -0.2) is 49.1 Å². The summed E-state index contributed by atoms with van der Waals surface area (Å²) in [6.07, 6.45) is 4.10. The van der Waals surface area contributed by atoms with Crippen LogP contribution in [0.3, 0.4) is 0 Å². The summed E-state index contributed by atoms with van der Waals surface area (Å²) in [5.74, 6) is 0.388. The van der Waals surface area contributed by atoms with Gasteiger partial charge in [-0.1, -0.05) is 27.2 Å². The summed E-state index contributed by atoms with van der Waals surface area (Å²) in [4.78, 5) is 2.53. The molecule has 1 heterocycles. The van der Waals surface area contributed by atoms with E-state index in [0.29, 0.717) is 6.04 Å². The van der Waals surface area contributed by atoms with Gasteiger partial charge in [-0.25, -0.2) is 0 Å². The second-order valence-electron chi connectivity index (χ2n) is 6.18. The summed E-state index contributed by atoms with van der Waals surface area (Å²) in [5, 5.41) is 0. The van der Waals surface area contributed by atoms with Crippen molar-refractivity contribution in [3.63, 3.8) is 0 Å². The smallest absolute Gasteiger partial charge is 0.170 e. The molecule has 0 aromatic rings. The Bertz CT molecular complexity index is 279. The second kappa shape index (κ2) is 6.53. The molecular formula is C15H30N2O2. The zero-order chi connectivity index (χ0) is 13.9. The molecule has 4 heteroatoms. The van der Waals surface area contributed by atoms with Crippen LogP contribution in [0.15, 0.2) is 0 Å². The molecule has 112 valence electrons. The van der Waals surface area contributed by atoms with Crippen LogP contribution < -0.4 is 5.73 Å². The molecule has 0 bridgehead atoms. The number of nitrogens with zero attached hydrogens (tertiary/aromatic N) is 1. The van der Waals surface area contributed by atoms with Crippen molar-refractivity contribution in [2.45, 2.75) is 64.3 Å². The maximum Gasteiger partial charge on any atom is 0.170 e. The van der Waals surface area contributed by atoms with Gasteiger partial charge in [0, 0.05) is 31.5 Å². The highest BCUT2D eigenvalue weighted by atomic mass is 16.7. The van der Waals surface area contributed by atoms with Crippen molar-refractivity contribution in [1.82, 2.24) is 4.90 Å². The largest absolute Gasteiger partial charge is 0.347 e. The lowest BCUT2D eigenvalue weighted by Crippen LogP contribution is -2.57. The molecule has 19 heavy (non-hydrogen) atoms. The van der Waals surface area contributed by atoms with Crippen LogP contribution >= 0.6 is 0 Å². The Hall–Kier alpha value is -0.160. The molecule has 2 N–H and O–H groups in total. The zero-order valence-electron chi connectivity index (χ0n) is 12.7. The van der Waals surface area contributed by atoms with Crippen LogP contribution in [0.2, 0.25) is 0 Å². The first kappa shape index (κ1) is 15.2. The van der Waals surface area contributed by atoms with Crippen molar-refractivity contribution in [3.8, 4) is 0 Å². The van der Waals surface area contributed by atoms with Gasteiger partial charge < -0.3 is 15.2 Å². The number of rotatable bonds is 5. The third-order valence-electron chi connectivity index (χ3n) is 4.80. The van der Waals surface area contributed by atoms with Crippen molar-refractivity contribution in [3.05, 3.63) is 0 Å². The lowest BCUT2D eigenvalue weighted by atomic mass is 9.84. The normalized spacial score (nSPS) is 32.1. The molecule has 0 aromatic heterocycles. The fraction of sp³-hybridized carbons (Fsp3) is 1.00. The maximum atomic E-state index is 6.37. The molecule has 0 amide bonds. The summed E-state index contributed by atoms with van der Waals surface area (Å²) in [7, 11) is 0. The fourth-order valence-corrected chi connectivity index (χ4v) is 3.34. The average molecular weight is 270 g/mol. The predicted octanol–water partition coefficient (Wildman–Crippen LogP) is 1.98. The van der Waals surface area contributed by atoms with Gasteiger partial charge >= 0.3 is 0 Å². The van der Waals surface area contributed by atoms with E-state index in [2.05, 4.69) is 25.7 Å². The van der Waals surface area contributed by atoms with Crippen molar-refractivity contribution in [2.24, 2.45) is 11.7 Å². The van der Waals surface area contributed by atoms with Gasteiger partial charge in [-0.3, -0.25) is 4.90 Å². The Kier molecular flexibility index (Phi) is 5.23. The van der Waals surface area contributed by atoms with Crippen LogP contribution in [0.1, 0.15) is 46.5 Å².